The van der Waals surface area contributed by atoms with Gasteiger partial charge in [-0.1, -0.05) is 0 Å². The van der Waals surface area contributed by atoms with E-state index in [1.807, 2.05) is 4.90 Å². The second kappa shape index (κ2) is 6.55. The largest absolute Gasteiger partial charge is 0.342 e. The van der Waals surface area contributed by atoms with Gasteiger partial charge in [0, 0.05) is 35.9 Å². The quantitative estimate of drug-likeness (QED) is 0.707. The number of nitrogens with one attached hydrogen (secondary N) is 1. The van der Waals surface area contributed by atoms with Crippen LogP contribution in [0.2, 0.25) is 0 Å². The number of hydrogen-bond acceptors (Lipinski definition) is 3. The minimum absolute atomic E-state index is 0.000993. The van der Waals surface area contributed by atoms with E-state index in [9.17, 15) is 9.18 Å². The summed E-state index contributed by atoms with van der Waals surface area (Å²) in [6, 6.07) is 6.35. The van der Waals surface area contributed by atoms with Crippen LogP contribution in [0.15, 0.2) is 41.1 Å². The molecule has 7 heteroatoms. The summed E-state index contributed by atoms with van der Waals surface area (Å²) in [5.74, 6) is 0.849. The zero-order chi connectivity index (χ0) is 17.4. The van der Waals surface area contributed by atoms with Gasteiger partial charge in [0.05, 0.1) is 16.6 Å². The summed E-state index contributed by atoms with van der Waals surface area (Å²) in [4.78, 5) is 26.3. The number of fused-ring (bicyclic) bond motifs is 1. The summed E-state index contributed by atoms with van der Waals surface area (Å²) in [5, 5.41) is 0. The van der Waals surface area contributed by atoms with Crippen molar-refractivity contribution in [2.24, 2.45) is 0 Å². The Balaban J connectivity index is 1.46. The Kier molecular flexibility index (Phi) is 4.25. The SMILES string of the molecule is O=C(c1cncc(Br)c1)N1CCC(c2nc3ccc(F)cc3[nH]2)CC1. The lowest BCUT2D eigenvalue weighted by Gasteiger charge is -2.31. The lowest BCUT2D eigenvalue weighted by Crippen LogP contribution is -2.38. The number of likely N-dealkylation sites (tertiary alicyclic amines) is 1. The smallest absolute Gasteiger partial charge is 0.255 e. The first-order valence-electron chi connectivity index (χ1n) is 8.15. The third kappa shape index (κ3) is 3.28. The van der Waals surface area contributed by atoms with Crippen molar-refractivity contribution in [3.05, 3.63) is 58.3 Å². The third-order valence-electron chi connectivity index (χ3n) is 4.58. The fourth-order valence-corrected chi connectivity index (χ4v) is 3.63. The number of H-pyrrole nitrogens is 1. The molecule has 2 aromatic heterocycles. The molecular weight excluding hydrogens is 387 g/mol. The number of hydrogen-bond donors (Lipinski definition) is 1. The summed E-state index contributed by atoms with van der Waals surface area (Å²) in [5.41, 5.74) is 2.08. The zero-order valence-electron chi connectivity index (χ0n) is 13.4. The number of piperidine rings is 1. The molecular formula is C18H16BrFN4O. The molecule has 0 radical (unpaired) electrons. The molecule has 1 saturated heterocycles. The molecule has 0 atom stereocenters. The van der Waals surface area contributed by atoms with Crippen LogP contribution in [0.1, 0.15) is 34.9 Å². The van der Waals surface area contributed by atoms with E-state index in [0.29, 0.717) is 24.2 Å². The van der Waals surface area contributed by atoms with Crippen molar-refractivity contribution in [3.63, 3.8) is 0 Å². The normalized spacial score (nSPS) is 15.7. The molecule has 0 unspecified atom stereocenters. The number of aromatic amines is 1. The van der Waals surface area contributed by atoms with Gasteiger partial charge in [-0.3, -0.25) is 9.78 Å². The fraction of sp³-hybridized carbons (Fsp3) is 0.278. The molecule has 1 N–H and O–H groups in total. The number of nitrogens with zero attached hydrogens (tertiary/aromatic N) is 3. The highest BCUT2D eigenvalue weighted by molar-refractivity contribution is 9.10. The lowest BCUT2D eigenvalue weighted by molar-refractivity contribution is 0.0711. The van der Waals surface area contributed by atoms with Crippen molar-refractivity contribution in [2.75, 3.05) is 13.1 Å². The van der Waals surface area contributed by atoms with E-state index in [0.717, 1.165) is 28.7 Å². The van der Waals surface area contributed by atoms with Crippen LogP contribution in [-0.2, 0) is 0 Å². The number of halogens is 2. The van der Waals surface area contributed by atoms with E-state index in [1.165, 1.54) is 12.1 Å². The molecule has 0 aliphatic carbocycles. The monoisotopic (exact) mass is 402 g/mol. The van der Waals surface area contributed by atoms with Crippen molar-refractivity contribution in [1.82, 2.24) is 19.9 Å². The van der Waals surface area contributed by atoms with Crippen molar-refractivity contribution in [2.45, 2.75) is 18.8 Å². The first-order valence-corrected chi connectivity index (χ1v) is 8.94. The van der Waals surface area contributed by atoms with Crippen LogP contribution >= 0.6 is 15.9 Å². The number of carbonyl (C=O) groups is 1. The van der Waals surface area contributed by atoms with Crippen molar-refractivity contribution < 1.29 is 9.18 Å². The summed E-state index contributed by atoms with van der Waals surface area (Å²) < 4.78 is 14.1. The molecule has 1 aromatic carbocycles. The molecule has 4 rings (SSSR count). The van der Waals surface area contributed by atoms with Crippen LogP contribution in [0.25, 0.3) is 11.0 Å². The topological polar surface area (TPSA) is 61.9 Å². The molecule has 5 nitrogen and oxygen atoms in total. The highest BCUT2D eigenvalue weighted by Gasteiger charge is 2.26. The van der Waals surface area contributed by atoms with Gasteiger partial charge in [-0.2, -0.15) is 0 Å². The van der Waals surface area contributed by atoms with Gasteiger partial charge in [0.25, 0.3) is 5.91 Å². The van der Waals surface area contributed by atoms with E-state index in [-0.39, 0.29) is 17.6 Å². The Hall–Kier alpha value is -2.28. The van der Waals surface area contributed by atoms with Gasteiger partial charge in [0.1, 0.15) is 11.6 Å². The summed E-state index contributed by atoms with van der Waals surface area (Å²) in [7, 11) is 0. The van der Waals surface area contributed by atoms with Gasteiger partial charge in [0.2, 0.25) is 0 Å². The minimum atomic E-state index is -0.272. The molecule has 3 aromatic rings. The number of carbonyl (C=O) groups excluding carboxylic acids is 1. The Morgan fingerprint density at radius 3 is 2.80 bits per heavy atom. The average molecular weight is 403 g/mol. The van der Waals surface area contributed by atoms with Gasteiger partial charge in [0.15, 0.2) is 0 Å². The molecule has 1 fully saturated rings. The maximum atomic E-state index is 13.3. The number of imidazole rings is 1. The molecule has 0 bridgehead atoms. The highest BCUT2D eigenvalue weighted by atomic mass is 79.9. The van der Waals surface area contributed by atoms with Crippen molar-refractivity contribution in [3.8, 4) is 0 Å². The first kappa shape index (κ1) is 16.2. The van der Waals surface area contributed by atoms with Crippen LogP contribution in [-0.4, -0.2) is 38.8 Å². The van der Waals surface area contributed by atoms with Gasteiger partial charge in [-0.05, 0) is 53.0 Å². The van der Waals surface area contributed by atoms with Gasteiger partial charge in [-0.15, -0.1) is 0 Å². The lowest BCUT2D eigenvalue weighted by atomic mass is 9.96. The maximum Gasteiger partial charge on any atom is 0.255 e. The second-order valence-electron chi connectivity index (χ2n) is 6.24. The van der Waals surface area contributed by atoms with E-state index in [1.54, 1.807) is 24.5 Å². The Labute approximate surface area is 152 Å². The van der Waals surface area contributed by atoms with E-state index in [4.69, 9.17) is 0 Å². The predicted octanol–water partition coefficient (Wildman–Crippen LogP) is 3.88. The molecule has 25 heavy (non-hydrogen) atoms. The average Bonchev–Trinajstić information content (AvgIpc) is 3.04. The van der Waals surface area contributed by atoms with Crippen LogP contribution in [0.3, 0.4) is 0 Å². The minimum Gasteiger partial charge on any atom is -0.342 e. The van der Waals surface area contributed by atoms with Crippen LogP contribution in [0.4, 0.5) is 4.39 Å². The Bertz CT molecular complexity index is 934. The molecule has 0 spiro atoms. The van der Waals surface area contributed by atoms with Gasteiger partial charge in [-0.25, -0.2) is 9.37 Å². The summed E-state index contributed by atoms with van der Waals surface area (Å²) >= 11 is 3.34. The number of pyridine rings is 1. The van der Waals surface area contributed by atoms with E-state index >= 15 is 0 Å². The van der Waals surface area contributed by atoms with Crippen LogP contribution in [0, 0.1) is 5.82 Å². The highest BCUT2D eigenvalue weighted by Crippen LogP contribution is 2.28. The number of benzene rings is 1. The van der Waals surface area contributed by atoms with E-state index in [2.05, 4.69) is 30.9 Å². The second-order valence-corrected chi connectivity index (χ2v) is 7.16. The van der Waals surface area contributed by atoms with E-state index < -0.39 is 0 Å². The molecule has 3 heterocycles. The van der Waals surface area contributed by atoms with Crippen molar-refractivity contribution >= 4 is 32.9 Å². The molecule has 0 saturated carbocycles. The molecule has 1 amide bonds. The van der Waals surface area contributed by atoms with Gasteiger partial charge >= 0.3 is 0 Å². The Morgan fingerprint density at radius 2 is 2.04 bits per heavy atom. The van der Waals surface area contributed by atoms with Gasteiger partial charge < -0.3 is 9.88 Å². The zero-order valence-corrected chi connectivity index (χ0v) is 15.0. The van der Waals surface area contributed by atoms with Crippen LogP contribution < -0.4 is 0 Å². The van der Waals surface area contributed by atoms with Crippen LogP contribution in [0.5, 0.6) is 0 Å². The molecule has 1 aliphatic heterocycles. The number of amides is 1. The summed E-state index contributed by atoms with van der Waals surface area (Å²) in [6.07, 6.45) is 4.91. The predicted molar refractivity (Wildman–Crippen MR) is 95.9 cm³/mol. The molecule has 1 aliphatic rings. The summed E-state index contributed by atoms with van der Waals surface area (Å²) in [6.45, 7) is 1.34. The standard InChI is InChI=1S/C18H16BrFN4O/c19-13-7-12(9-21-10-13)18(25)24-5-3-11(4-6-24)17-22-15-2-1-14(20)8-16(15)23-17/h1-2,7-11H,3-6H2,(H,22,23). The number of aromatic nitrogens is 3. The number of rotatable bonds is 2. The Morgan fingerprint density at radius 1 is 1.24 bits per heavy atom. The molecule has 128 valence electrons. The van der Waals surface area contributed by atoms with Crippen molar-refractivity contribution in [1.29, 1.82) is 0 Å². The third-order valence-corrected chi connectivity index (χ3v) is 5.02. The fourth-order valence-electron chi connectivity index (χ4n) is 3.26. The maximum absolute atomic E-state index is 13.3. The first-order chi connectivity index (χ1) is 12.1.